The summed E-state index contributed by atoms with van der Waals surface area (Å²) in [7, 11) is 0. The molecule has 3 aromatic rings. The lowest BCUT2D eigenvalue weighted by molar-refractivity contribution is -0.139. The van der Waals surface area contributed by atoms with Crippen molar-refractivity contribution in [3.8, 4) is 5.75 Å². The molecule has 0 radical (unpaired) electrons. The first-order valence-corrected chi connectivity index (χ1v) is 8.80. The first-order chi connectivity index (χ1) is 12.3. The van der Waals surface area contributed by atoms with Crippen molar-refractivity contribution in [1.82, 2.24) is 0 Å². The first kappa shape index (κ1) is 18.2. The molecule has 2 aromatic carbocycles. The Bertz CT molecular complexity index is 1030. The van der Waals surface area contributed by atoms with Crippen LogP contribution in [0.25, 0.3) is 11.0 Å². The van der Waals surface area contributed by atoms with E-state index in [9.17, 15) is 9.59 Å². The Morgan fingerprint density at radius 1 is 1.19 bits per heavy atom. The van der Waals surface area contributed by atoms with Crippen LogP contribution in [0.3, 0.4) is 0 Å². The SMILES string of the molecule is Cc1cc(OCC(=O)O)c2c(C)c(Cc3ccc(Br)cc3)c(=O)oc2c1. The lowest BCUT2D eigenvalue weighted by Gasteiger charge is -2.13. The van der Waals surface area contributed by atoms with E-state index < -0.39 is 18.2 Å². The summed E-state index contributed by atoms with van der Waals surface area (Å²) in [5, 5.41) is 9.53. The van der Waals surface area contributed by atoms with Gasteiger partial charge in [0.1, 0.15) is 11.3 Å². The van der Waals surface area contributed by atoms with E-state index in [-0.39, 0.29) is 0 Å². The molecule has 134 valence electrons. The van der Waals surface area contributed by atoms with Gasteiger partial charge in [-0.1, -0.05) is 28.1 Å². The van der Waals surface area contributed by atoms with Crippen LogP contribution < -0.4 is 10.4 Å². The fraction of sp³-hybridized carbons (Fsp3) is 0.200. The fourth-order valence-electron chi connectivity index (χ4n) is 2.90. The van der Waals surface area contributed by atoms with Crippen molar-refractivity contribution < 1.29 is 19.1 Å². The van der Waals surface area contributed by atoms with E-state index in [1.54, 1.807) is 12.1 Å². The number of hydrogen-bond donors (Lipinski definition) is 1. The Hall–Kier alpha value is -2.60. The third kappa shape index (κ3) is 3.80. The number of aryl methyl sites for hydroxylation is 2. The highest BCUT2D eigenvalue weighted by Crippen LogP contribution is 2.31. The Morgan fingerprint density at radius 3 is 2.54 bits per heavy atom. The lowest BCUT2D eigenvalue weighted by atomic mass is 9.98. The molecule has 0 aliphatic carbocycles. The normalized spacial score (nSPS) is 10.9. The van der Waals surface area contributed by atoms with E-state index >= 15 is 0 Å². The van der Waals surface area contributed by atoms with Crippen molar-refractivity contribution in [2.45, 2.75) is 20.3 Å². The van der Waals surface area contributed by atoms with Crippen LogP contribution in [0.2, 0.25) is 0 Å². The average molecular weight is 417 g/mol. The Morgan fingerprint density at radius 2 is 1.88 bits per heavy atom. The zero-order valence-corrected chi connectivity index (χ0v) is 15.9. The monoisotopic (exact) mass is 416 g/mol. The van der Waals surface area contributed by atoms with E-state index in [1.165, 1.54) is 0 Å². The van der Waals surface area contributed by atoms with Crippen molar-refractivity contribution in [2.24, 2.45) is 0 Å². The predicted molar refractivity (Wildman–Crippen MR) is 102 cm³/mol. The number of ether oxygens (including phenoxy) is 1. The third-order valence-corrected chi connectivity index (χ3v) is 4.66. The van der Waals surface area contributed by atoms with Crippen molar-refractivity contribution >= 4 is 32.9 Å². The number of hydrogen-bond acceptors (Lipinski definition) is 4. The number of rotatable bonds is 5. The minimum absolute atomic E-state index is 0.396. The number of benzene rings is 2. The van der Waals surface area contributed by atoms with Gasteiger partial charge < -0.3 is 14.3 Å². The summed E-state index contributed by atoms with van der Waals surface area (Å²) in [5.74, 6) is -0.662. The quantitative estimate of drug-likeness (QED) is 0.629. The van der Waals surface area contributed by atoms with Crippen LogP contribution in [0.15, 0.2) is 50.1 Å². The van der Waals surface area contributed by atoms with Gasteiger partial charge in [0, 0.05) is 16.5 Å². The molecular formula is C20H17BrO5. The summed E-state index contributed by atoms with van der Waals surface area (Å²) in [6.45, 7) is 3.20. The molecule has 5 nitrogen and oxygen atoms in total. The first-order valence-electron chi connectivity index (χ1n) is 8.01. The van der Waals surface area contributed by atoms with Crippen molar-refractivity contribution in [2.75, 3.05) is 6.61 Å². The van der Waals surface area contributed by atoms with Crippen LogP contribution in [-0.4, -0.2) is 17.7 Å². The Balaban J connectivity index is 2.13. The second-order valence-electron chi connectivity index (χ2n) is 6.11. The standard InChI is InChI=1S/C20H17BrO5/c1-11-7-16(25-10-18(22)23)19-12(2)15(20(24)26-17(19)8-11)9-13-3-5-14(21)6-4-13/h3-8H,9-10H2,1-2H3,(H,22,23). The number of halogens is 1. The second kappa shape index (κ2) is 7.33. The fourth-order valence-corrected chi connectivity index (χ4v) is 3.17. The van der Waals surface area contributed by atoms with Gasteiger partial charge in [-0.15, -0.1) is 0 Å². The largest absolute Gasteiger partial charge is 0.481 e. The van der Waals surface area contributed by atoms with Gasteiger partial charge >= 0.3 is 11.6 Å². The smallest absolute Gasteiger partial charge is 0.341 e. The highest BCUT2D eigenvalue weighted by Gasteiger charge is 2.17. The number of carbonyl (C=O) groups is 1. The van der Waals surface area contributed by atoms with Crippen LogP contribution in [0, 0.1) is 13.8 Å². The molecule has 1 aromatic heterocycles. The van der Waals surface area contributed by atoms with Gasteiger partial charge in [-0.25, -0.2) is 9.59 Å². The maximum Gasteiger partial charge on any atom is 0.341 e. The van der Waals surface area contributed by atoms with E-state index in [2.05, 4.69) is 15.9 Å². The van der Waals surface area contributed by atoms with Crippen LogP contribution >= 0.6 is 15.9 Å². The van der Waals surface area contributed by atoms with Gasteiger partial charge in [0.15, 0.2) is 6.61 Å². The van der Waals surface area contributed by atoms with E-state index in [4.69, 9.17) is 14.3 Å². The highest BCUT2D eigenvalue weighted by molar-refractivity contribution is 9.10. The van der Waals surface area contributed by atoms with E-state index in [0.29, 0.717) is 28.7 Å². The zero-order chi connectivity index (χ0) is 18.8. The number of carboxylic acids is 1. The molecule has 0 aliphatic rings. The molecule has 0 bridgehead atoms. The summed E-state index contributed by atoms with van der Waals surface area (Å²) in [5.41, 5.74) is 3.06. The maximum absolute atomic E-state index is 12.5. The molecule has 0 aliphatic heterocycles. The van der Waals surface area contributed by atoms with Gasteiger partial charge in [-0.05, 0) is 54.8 Å². The second-order valence-corrected chi connectivity index (χ2v) is 7.03. The Labute approximate surface area is 158 Å². The van der Waals surface area contributed by atoms with E-state index in [0.717, 1.165) is 21.2 Å². The summed E-state index contributed by atoms with van der Waals surface area (Å²) < 4.78 is 11.9. The van der Waals surface area contributed by atoms with Gasteiger partial charge in [-0.3, -0.25) is 0 Å². The minimum atomic E-state index is -1.07. The molecule has 0 spiro atoms. The Kier molecular flexibility index (Phi) is 5.13. The molecule has 0 saturated carbocycles. The summed E-state index contributed by atoms with van der Waals surface area (Å²) in [4.78, 5) is 23.4. The zero-order valence-electron chi connectivity index (χ0n) is 14.3. The molecular weight excluding hydrogens is 400 g/mol. The average Bonchev–Trinajstić information content (AvgIpc) is 2.57. The van der Waals surface area contributed by atoms with Crippen molar-refractivity contribution in [3.63, 3.8) is 0 Å². The highest BCUT2D eigenvalue weighted by atomic mass is 79.9. The van der Waals surface area contributed by atoms with Crippen LogP contribution in [0.4, 0.5) is 0 Å². The number of carboxylic acid groups (broad SMARTS) is 1. The van der Waals surface area contributed by atoms with Gasteiger partial charge in [-0.2, -0.15) is 0 Å². The summed E-state index contributed by atoms with van der Waals surface area (Å²) in [6.07, 6.45) is 0.420. The molecule has 1 N–H and O–H groups in total. The summed E-state index contributed by atoms with van der Waals surface area (Å²) >= 11 is 3.39. The van der Waals surface area contributed by atoms with Crippen molar-refractivity contribution in [3.05, 3.63) is 73.5 Å². The third-order valence-electron chi connectivity index (χ3n) is 4.13. The van der Waals surface area contributed by atoms with Gasteiger partial charge in [0.25, 0.3) is 0 Å². The van der Waals surface area contributed by atoms with Crippen LogP contribution in [0.1, 0.15) is 22.3 Å². The number of aliphatic carboxylic acids is 1. The van der Waals surface area contributed by atoms with E-state index in [1.807, 2.05) is 38.1 Å². The lowest BCUT2D eigenvalue weighted by Crippen LogP contribution is -2.13. The molecule has 0 atom stereocenters. The molecule has 1 heterocycles. The molecule has 0 unspecified atom stereocenters. The molecule has 0 saturated heterocycles. The van der Waals surface area contributed by atoms with Crippen LogP contribution in [0.5, 0.6) is 5.75 Å². The topological polar surface area (TPSA) is 76.7 Å². The predicted octanol–water partition coefficient (Wildman–Crippen LogP) is 4.23. The molecule has 3 rings (SSSR count). The maximum atomic E-state index is 12.5. The van der Waals surface area contributed by atoms with Gasteiger partial charge in [0.2, 0.25) is 0 Å². The molecule has 26 heavy (non-hydrogen) atoms. The molecule has 0 amide bonds. The summed E-state index contributed by atoms with van der Waals surface area (Å²) in [6, 6.07) is 11.2. The molecule has 6 heteroatoms. The molecule has 0 fully saturated rings. The van der Waals surface area contributed by atoms with Crippen molar-refractivity contribution in [1.29, 1.82) is 0 Å². The number of fused-ring (bicyclic) bond motifs is 1. The van der Waals surface area contributed by atoms with Crippen LogP contribution in [-0.2, 0) is 11.2 Å². The minimum Gasteiger partial charge on any atom is -0.481 e. The van der Waals surface area contributed by atoms with Gasteiger partial charge in [0.05, 0.1) is 5.39 Å².